The predicted molar refractivity (Wildman–Crippen MR) is 82.2 cm³/mol. The number of methoxy groups -OCH3 is 2. The van der Waals surface area contributed by atoms with E-state index in [4.69, 9.17) is 14.2 Å². The van der Waals surface area contributed by atoms with E-state index < -0.39 is 0 Å². The molecule has 1 fully saturated rings. The molecule has 1 amide bonds. The van der Waals surface area contributed by atoms with Crippen LogP contribution in [-0.4, -0.2) is 44.8 Å². The monoisotopic (exact) mass is 305 g/mol. The number of carbonyl (C=O) groups excluding carboxylic acids is 1. The molecule has 1 atom stereocenters. The topological polar surface area (TPSA) is 48.0 Å². The zero-order valence-corrected chi connectivity index (χ0v) is 13.3. The maximum absolute atomic E-state index is 12.6. The van der Waals surface area contributed by atoms with Crippen LogP contribution in [-0.2, 0) is 22.5 Å². The average molecular weight is 305 g/mol. The van der Waals surface area contributed by atoms with Gasteiger partial charge in [0.25, 0.3) is 0 Å². The second kappa shape index (κ2) is 6.57. The lowest BCUT2D eigenvalue weighted by Crippen LogP contribution is -2.42. The third-order valence-corrected chi connectivity index (χ3v) is 4.54. The van der Waals surface area contributed by atoms with Crippen LogP contribution in [0.4, 0.5) is 0 Å². The van der Waals surface area contributed by atoms with Gasteiger partial charge in [-0.1, -0.05) is 0 Å². The molecule has 0 saturated carbocycles. The molecule has 5 nitrogen and oxygen atoms in total. The second-order valence-corrected chi connectivity index (χ2v) is 5.90. The van der Waals surface area contributed by atoms with E-state index >= 15 is 0 Å². The van der Waals surface area contributed by atoms with Crippen molar-refractivity contribution in [3.8, 4) is 11.5 Å². The van der Waals surface area contributed by atoms with E-state index in [1.165, 1.54) is 5.56 Å². The normalized spacial score (nSPS) is 21.2. The van der Waals surface area contributed by atoms with E-state index in [-0.39, 0.29) is 11.8 Å². The molecule has 0 bridgehead atoms. The van der Waals surface area contributed by atoms with Crippen LogP contribution in [0.3, 0.4) is 0 Å². The number of hydrogen-bond donors (Lipinski definition) is 0. The van der Waals surface area contributed by atoms with Gasteiger partial charge in [0, 0.05) is 19.7 Å². The fourth-order valence-corrected chi connectivity index (χ4v) is 3.26. The molecule has 1 saturated heterocycles. The van der Waals surface area contributed by atoms with Crippen LogP contribution in [0.15, 0.2) is 12.1 Å². The van der Waals surface area contributed by atoms with Crippen LogP contribution in [0, 0.1) is 5.92 Å². The van der Waals surface area contributed by atoms with Crippen LogP contribution in [0.5, 0.6) is 11.5 Å². The average Bonchev–Trinajstić information content (AvgIpc) is 2.60. The van der Waals surface area contributed by atoms with Gasteiger partial charge < -0.3 is 19.1 Å². The minimum Gasteiger partial charge on any atom is -0.493 e. The van der Waals surface area contributed by atoms with Gasteiger partial charge in [0.05, 0.1) is 26.7 Å². The zero-order chi connectivity index (χ0) is 15.5. The van der Waals surface area contributed by atoms with Gasteiger partial charge in [0.1, 0.15) is 0 Å². The molecule has 22 heavy (non-hydrogen) atoms. The van der Waals surface area contributed by atoms with Crippen molar-refractivity contribution in [2.24, 2.45) is 5.92 Å². The fraction of sp³-hybridized carbons (Fsp3) is 0.588. The zero-order valence-electron chi connectivity index (χ0n) is 13.3. The molecule has 1 aromatic carbocycles. The number of fused-ring (bicyclic) bond motifs is 1. The minimum absolute atomic E-state index is 0.0236. The van der Waals surface area contributed by atoms with Gasteiger partial charge in [0.15, 0.2) is 11.5 Å². The standard InChI is InChI=1S/C17H23NO4/c1-20-15-8-12-5-6-18(10-14(12)9-16(15)21-2)17(19)13-4-3-7-22-11-13/h8-9,13H,3-7,10-11H2,1-2H3. The summed E-state index contributed by atoms with van der Waals surface area (Å²) in [7, 11) is 3.28. The summed E-state index contributed by atoms with van der Waals surface area (Å²) in [6, 6.07) is 4.02. The van der Waals surface area contributed by atoms with Gasteiger partial charge in [-0.2, -0.15) is 0 Å². The summed E-state index contributed by atoms with van der Waals surface area (Å²) < 4.78 is 16.2. The molecule has 3 rings (SSSR count). The Balaban J connectivity index is 1.76. The molecule has 0 spiro atoms. The van der Waals surface area contributed by atoms with Crippen LogP contribution in [0.25, 0.3) is 0 Å². The van der Waals surface area contributed by atoms with Crippen molar-refractivity contribution in [3.05, 3.63) is 23.3 Å². The first-order valence-electron chi connectivity index (χ1n) is 7.83. The molecule has 0 radical (unpaired) electrons. The maximum Gasteiger partial charge on any atom is 0.228 e. The van der Waals surface area contributed by atoms with E-state index in [0.29, 0.717) is 13.2 Å². The quantitative estimate of drug-likeness (QED) is 0.857. The van der Waals surface area contributed by atoms with Crippen molar-refractivity contribution in [2.45, 2.75) is 25.8 Å². The summed E-state index contributed by atoms with van der Waals surface area (Å²) >= 11 is 0. The predicted octanol–water partition coefficient (Wildman–Crippen LogP) is 2.02. The van der Waals surface area contributed by atoms with Crippen molar-refractivity contribution in [1.82, 2.24) is 4.90 Å². The highest BCUT2D eigenvalue weighted by Crippen LogP contribution is 2.33. The summed E-state index contributed by atoms with van der Waals surface area (Å²) in [5.41, 5.74) is 2.38. The van der Waals surface area contributed by atoms with Crippen molar-refractivity contribution in [3.63, 3.8) is 0 Å². The van der Waals surface area contributed by atoms with E-state index in [1.54, 1.807) is 14.2 Å². The Morgan fingerprint density at radius 2 is 1.95 bits per heavy atom. The van der Waals surface area contributed by atoms with Crippen molar-refractivity contribution >= 4 is 5.91 Å². The molecule has 0 aliphatic carbocycles. The maximum atomic E-state index is 12.6. The van der Waals surface area contributed by atoms with Crippen LogP contribution in [0.1, 0.15) is 24.0 Å². The highest BCUT2D eigenvalue weighted by Gasteiger charge is 2.29. The Labute approximate surface area is 131 Å². The molecule has 2 aliphatic rings. The SMILES string of the molecule is COc1cc2c(cc1OC)CN(C(=O)C1CCCOC1)CC2. The number of amides is 1. The molecule has 0 N–H and O–H groups in total. The van der Waals surface area contributed by atoms with Gasteiger partial charge >= 0.3 is 0 Å². The molecule has 120 valence electrons. The Morgan fingerprint density at radius 3 is 2.59 bits per heavy atom. The summed E-state index contributed by atoms with van der Waals surface area (Å²) in [6.07, 6.45) is 2.77. The third-order valence-electron chi connectivity index (χ3n) is 4.54. The van der Waals surface area contributed by atoms with Crippen molar-refractivity contribution < 1.29 is 19.0 Å². The molecule has 2 heterocycles. The fourth-order valence-electron chi connectivity index (χ4n) is 3.26. The lowest BCUT2D eigenvalue weighted by Gasteiger charge is -2.33. The highest BCUT2D eigenvalue weighted by molar-refractivity contribution is 5.79. The van der Waals surface area contributed by atoms with Crippen LogP contribution in [0.2, 0.25) is 0 Å². The Hall–Kier alpha value is -1.75. The molecule has 1 unspecified atom stereocenters. The number of nitrogens with zero attached hydrogens (tertiary/aromatic N) is 1. The van der Waals surface area contributed by atoms with Crippen molar-refractivity contribution in [2.75, 3.05) is 34.0 Å². The molecule has 0 aromatic heterocycles. The Kier molecular flexibility index (Phi) is 4.52. The summed E-state index contributed by atoms with van der Waals surface area (Å²) in [4.78, 5) is 14.6. The van der Waals surface area contributed by atoms with E-state index in [9.17, 15) is 4.79 Å². The summed E-state index contributed by atoms with van der Waals surface area (Å²) in [6.45, 7) is 2.75. The first kappa shape index (κ1) is 15.2. The lowest BCUT2D eigenvalue weighted by molar-refractivity contribution is -0.140. The van der Waals surface area contributed by atoms with E-state index in [0.717, 1.165) is 49.5 Å². The van der Waals surface area contributed by atoms with Gasteiger partial charge in [-0.25, -0.2) is 0 Å². The molecule has 1 aromatic rings. The highest BCUT2D eigenvalue weighted by atomic mass is 16.5. The smallest absolute Gasteiger partial charge is 0.228 e. The van der Waals surface area contributed by atoms with Crippen LogP contribution < -0.4 is 9.47 Å². The third kappa shape index (κ3) is 2.90. The number of hydrogen-bond acceptors (Lipinski definition) is 4. The van der Waals surface area contributed by atoms with E-state index in [1.807, 2.05) is 17.0 Å². The molecular formula is C17H23NO4. The van der Waals surface area contributed by atoms with Gasteiger partial charge in [0.2, 0.25) is 5.91 Å². The molecular weight excluding hydrogens is 282 g/mol. The molecule has 5 heteroatoms. The van der Waals surface area contributed by atoms with E-state index in [2.05, 4.69) is 0 Å². The minimum atomic E-state index is 0.0236. The van der Waals surface area contributed by atoms with Crippen molar-refractivity contribution in [1.29, 1.82) is 0 Å². The first-order chi connectivity index (χ1) is 10.7. The molecule has 2 aliphatic heterocycles. The van der Waals surface area contributed by atoms with Crippen LogP contribution >= 0.6 is 0 Å². The number of rotatable bonds is 3. The second-order valence-electron chi connectivity index (χ2n) is 5.90. The van der Waals surface area contributed by atoms with Gasteiger partial charge in [-0.3, -0.25) is 4.79 Å². The Bertz CT molecular complexity index is 552. The number of carbonyl (C=O) groups is 1. The van der Waals surface area contributed by atoms with Gasteiger partial charge in [-0.05, 0) is 42.5 Å². The largest absolute Gasteiger partial charge is 0.493 e. The summed E-state index contributed by atoms with van der Waals surface area (Å²) in [5, 5.41) is 0. The Morgan fingerprint density at radius 1 is 1.23 bits per heavy atom. The van der Waals surface area contributed by atoms with Gasteiger partial charge in [-0.15, -0.1) is 0 Å². The first-order valence-corrected chi connectivity index (χ1v) is 7.83. The summed E-state index contributed by atoms with van der Waals surface area (Å²) in [5.74, 6) is 1.72. The number of ether oxygens (including phenoxy) is 3. The number of benzene rings is 1. The lowest BCUT2D eigenvalue weighted by atomic mass is 9.95.